The zero-order valence-electron chi connectivity index (χ0n) is 20.2. The van der Waals surface area contributed by atoms with Gasteiger partial charge in [-0.15, -0.1) is 0 Å². The standard InChI is InChI=1S/C29H33ClN2O3/c1-2-26(29(34)31-23-14-4-3-5-15-23)32(19-22-12-7-9-17-25(22)30)28(33)20-35-27-18-10-13-21-11-6-8-16-24(21)27/h6-13,16-18,23,26H,2-5,14-15,19-20H2,1H3,(H,31,34)/t26-/m1/s1. The maximum Gasteiger partial charge on any atom is 0.261 e. The van der Waals surface area contributed by atoms with Crippen molar-refractivity contribution in [3.8, 4) is 5.75 Å². The van der Waals surface area contributed by atoms with E-state index in [2.05, 4.69) is 5.32 Å². The molecule has 35 heavy (non-hydrogen) atoms. The summed E-state index contributed by atoms with van der Waals surface area (Å²) in [5.41, 5.74) is 0.802. The predicted molar refractivity (Wildman–Crippen MR) is 141 cm³/mol. The molecule has 0 aliphatic heterocycles. The number of benzene rings is 3. The van der Waals surface area contributed by atoms with Crippen LogP contribution in [0.1, 0.15) is 51.0 Å². The molecule has 3 aromatic carbocycles. The Balaban J connectivity index is 1.54. The van der Waals surface area contributed by atoms with E-state index in [1.54, 1.807) is 11.0 Å². The molecular weight excluding hydrogens is 460 g/mol. The summed E-state index contributed by atoms with van der Waals surface area (Å²) in [5.74, 6) is 0.294. The molecular formula is C29H33ClN2O3. The van der Waals surface area contributed by atoms with E-state index in [0.717, 1.165) is 42.0 Å². The molecule has 0 aromatic heterocycles. The molecule has 1 saturated carbocycles. The molecule has 1 fully saturated rings. The summed E-state index contributed by atoms with van der Waals surface area (Å²) >= 11 is 6.42. The lowest BCUT2D eigenvalue weighted by molar-refractivity contribution is -0.143. The number of ether oxygens (including phenoxy) is 1. The smallest absolute Gasteiger partial charge is 0.261 e. The van der Waals surface area contributed by atoms with Crippen molar-refractivity contribution >= 4 is 34.2 Å². The van der Waals surface area contributed by atoms with Gasteiger partial charge in [-0.3, -0.25) is 9.59 Å². The molecule has 1 N–H and O–H groups in total. The van der Waals surface area contributed by atoms with Gasteiger partial charge in [0.2, 0.25) is 5.91 Å². The van der Waals surface area contributed by atoms with Gasteiger partial charge in [0, 0.05) is 23.0 Å². The lowest BCUT2D eigenvalue weighted by Crippen LogP contribution is -2.52. The Kier molecular flexibility index (Phi) is 8.64. The van der Waals surface area contributed by atoms with Crippen LogP contribution in [0.5, 0.6) is 5.75 Å². The highest BCUT2D eigenvalue weighted by Gasteiger charge is 2.31. The number of nitrogens with zero attached hydrogens (tertiary/aromatic N) is 1. The second-order valence-corrected chi connectivity index (χ2v) is 9.55. The quantitative estimate of drug-likeness (QED) is 0.391. The molecule has 6 heteroatoms. The van der Waals surface area contributed by atoms with E-state index >= 15 is 0 Å². The van der Waals surface area contributed by atoms with Crippen molar-refractivity contribution in [2.75, 3.05) is 6.61 Å². The normalized spacial score (nSPS) is 14.9. The minimum Gasteiger partial charge on any atom is -0.483 e. The Bertz CT molecular complexity index is 1150. The molecule has 184 valence electrons. The molecule has 3 aromatic rings. The van der Waals surface area contributed by atoms with Gasteiger partial charge in [0.05, 0.1) is 0 Å². The summed E-state index contributed by atoms with van der Waals surface area (Å²) in [6, 6.07) is 20.7. The van der Waals surface area contributed by atoms with Crippen molar-refractivity contribution in [2.45, 2.75) is 64.1 Å². The Morgan fingerprint density at radius 1 is 1.00 bits per heavy atom. The first-order valence-corrected chi connectivity index (χ1v) is 12.9. The highest BCUT2D eigenvalue weighted by Crippen LogP contribution is 2.26. The number of amides is 2. The monoisotopic (exact) mass is 492 g/mol. The second-order valence-electron chi connectivity index (χ2n) is 9.15. The van der Waals surface area contributed by atoms with Crippen molar-refractivity contribution in [2.24, 2.45) is 0 Å². The number of carbonyl (C=O) groups excluding carboxylic acids is 2. The van der Waals surface area contributed by atoms with E-state index < -0.39 is 6.04 Å². The third-order valence-electron chi connectivity index (χ3n) is 6.74. The van der Waals surface area contributed by atoms with Crippen LogP contribution in [0.3, 0.4) is 0 Å². The fourth-order valence-corrected chi connectivity index (χ4v) is 5.01. The molecule has 0 unspecified atom stereocenters. The lowest BCUT2D eigenvalue weighted by atomic mass is 9.95. The second kappa shape index (κ2) is 12.1. The number of carbonyl (C=O) groups is 2. The number of hydrogen-bond donors (Lipinski definition) is 1. The molecule has 0 saturated heterocycles. The van der Waals surface area contributed by atoms with Gasteiger partial charge >= 0.3 is 0 Å². The maximum absolute atomic E-state index is 13.5. The molecule has 5 nitrogen and oxygen atoms in total. The SMILES string of the molecule is CC[C@H](C(=O)NC1CCCCC1)N(Cc1ccccc1Cl)C(=O)COc1cccc2ccccc12. The van der Waals surface area contributed by atoms with Crippen LogP contribution < -0.4 is 10.1 Å². The Hall–Kier alpha value is -3.05. The van der Waals surface area contributed by atoms with Gasteiger partial charge < -0.3 is 15.0 Å². The average molecular weight is 493 g/mol. The van der Waals surface area contributed by atoms with Gasteiger partial charge in [-0.2, -0.15) is 0 Å². The van der Waals surface area contributed by atoms with Crippen LogP contribution in [-0.2, 0) is 16.1 Å². The minimum atomic E-state index is -0.600. The lowest BCUT2D eigenvalue weighted by Gasteiger charge is -2.33. The fraction of sp³-hybridized carbons (Fsp3) is 0.379. The summed E-state index contributed by atoms with van der Waals surface area (Å²) in [6.45, 7) is 2.02. The Labute approximate surface area is 212 Å². The zero-order chi connectivity index (χ0) is 24.6. The number of nitrogens with one attached hydrogen (secondary N) is 1. The van der Waals surface area contributed by atoms with Crippen molar-refractivity contribution in [1.29, 1.82) is 0 Å². The molecule has 0 spiro atoms. The summed E-state index contributed by atoms with van der Waals surface area (Å²) < 4.78 is 6.00. The Morgan fingerprint density at radius 3 is 2.49 bits per heavy atom. The van der Waals surface area contributed by atoms with Gasteiger partial charge in [-0.25, -0.2) is 0 Å². The summed E-state index contributed by atoms with van der Waals surface area (Å²) in [7, 11) is 0. The number of rotatable bonds is 9. The number of halogens is 1. The van der Waals surface area contributed by atoms with E-state index in [9.17, 15) is 9.59 Å². The molecule has 0 heterocycles. The van der Waals surface area contributed by atoms with Crippen LogP contribution in [0.2, 0.25) is 5.02 Å². The molecule has 0 bridgehead atoms. The van der Waals surface area contributed by atoms with Gasteiger partial charge in [0.25, 0.3) is 5.91 Å². The van der Waals surface area contributed by atoms with E-state index in [-0.39, 0.29) is 31.0 Å². The first-order valence-electron chi connectivity index (χ1n) is 12.5. The largest absolute Gasteiger partial charge is 0.483 e. The molecule has 1 atom stereocenters. The van der Waals surface area contributed by atoms with Gasteiger partial charge in [-0.1, -0.05) is 92.4 Å². The fourth-order valence-electron chi connectivity index (χ4n) is 4.82. The predicted octanol–water partition coefficient (Wildman–Crippen LogP) is 6.13. The van der Waals surface area contributed by atoms with E-state index in [0.29, 0.717) is 17.2 Å². The highest BCUT2D eigenvalue weighted by molar-refractivity contribution is 6.31. The summed E-state index contributed by atoms with van der Waals surface area (Å²) in [4.78, 5) is 28.5. The van der Waals surface area contributed by atoms with Crippen LogP contribution in [0.4, 0.5) is 0 Å². The minimum absolute atomic E-state index is 0.107. The molecule has 1 aliphatic rings. The van der Waals surface area contributed by atoms with E-state index in [1.807, 2.05) is 67.6 Å². The third kappa shape index (κ3) is 6.34. The Morgan fingerprint density at radius 2 is 1.71 bits per heavy atom. The van der Waals surface area contributed by atoms with Crippen molar-refractivity contribution in [1.82, 2.24) is 10.2 Å². The van der Waals surface area contributed by atoms with Gasteiger partial charge in [-0.05, 0) is 42.3 Å². The van der Waals surface area contributed by atoms with Crippen molar-refractivity contribution < 1.29 is 14.3 Å². The van der Waals surface area contributed by atoms with E-state index in [1.165, 1.54) is 6.42 Å². The molecule has 0 radical (unpaired) electrons. The van der Waals surface area contributed by atoms with Crippen LogP contribution in [-0.4, -0.2) is 35.4 Å². The van der Waals surface area contributed by atoms with Crippen LogP contribution in [0.25, 0.3) is 10.8 Å². The maximum atomic E-state index is 13.5. The summed E-state index contributed by atoms with van der Waals surface area (Å²) in [5, 5.41) is 5.76. The molecule has 4 rings (SSSR count). The number of hydrogen-bond acceptors (Lipinski definition) is 3. The van der Waals surface area contributed by atoms with Crippen LogP contribution in [0.15, 0.2) is 66.7 Å². The first-order chi connectivity index (χ1) is 17.1. The van der Waals surface area contributed by atoms with Crippen molar-refractivity contribution in [3.05, 3.63) is 77.3 Å². The first kappa shape index (κ1) is 25.1. The zero-order valence-corrected chi connectivity index (χ0v) is 21.0. The topological polar surface area (TPSA) is 58.6 Å². The van der Waals surface area contributed by atoms with Crippen molar-refractivity contribution in [3.63, 3.8) is 0 Å². The average Bonchev–Trinajstić information content (AvgIpc) is 2.88. The van der Waals surface area contributed by atoms with Gasteiger partial charge in [0.1, 0.15) is 11.8 Å². The van der Waals surface area contributed by atoms with Crippen LogP contribution >= 0.6 is 11.6 Å². The number of fused-ring (bicyclic) bond motifs is 1. The van der Waals surface area contributed by atoms with Crippen LogP contribution in [0, 0.1) is 0 Å². The molecule has 2 amide bonds. The molecule has 1 aliphatic carbocycles. The van der Waals surface area contributed by atoms with E-state index in [4.69, 9.17) is 16.3 Å². The van der Waals surface area contributed by atoms with Gasteiger partial charge in [0.15, 0.2) is 6.61 Å². The third-order valence-corrected chi connectivity index (χ3v) is 7.11. The summed E-state index contributed by atoms with van der Waals surface area (Å²) in [6.07, 6.45) is 5.95. The highest BCUT2D eigenvalue weighted by atomic mass is 35.5.